The molecule has 0 heterocycles. The fraction of sp³-hybridized carbons (Fsp3) is 0.0667. The molecule has 0 atom stereocenters. The van der Waals surface area contributed by atoms with Crippen LogP contribution < -0.4 is 4.74 Å². The topological polar surface area (TPSA) is 9.23 Å². The quantitative estimate of drug-likeness (QED) is 0.790. The molecule has 98 valence electrons. The van der Waals surface area contributed by atoms with Gasteiger partial charge in [-0.2, -0.15) is 8.78 Å². The van der Waals surface area contributed by atoms with Gasteiger partial charge in [0.15, 0.2) is 11.6 Å². The zero-order valence-corrected chi connectivity index (χ0v) is 9.95. The van der Waals surface area contributed by atoms with E-state index in [-0.39, 0.29) is 0 Å². The molecular weight excluding hydrogens is 253 g/mol. The Labute approximate surface area is 109 Å². The molecule has 0 bridgehead atoms. The van der Waals surface area contributed by atoms with E-state index in [1.165, 1.54) is 12.1 Å². The molecule has 2 aromatic carbocycles. The van der Waals surface area contributed by atoms with Crippen molar-refractivity contribution in [2.75, 3.05) is 0 Å². The summed E-state index contributed by atoms with van der Waals surface area (Å²) in [5.74, 6) is -1.31. The smallest absolute Gasteiger partial charge is 0.387 e. The van der Waals surface area contributed by atoms with Crippen LogP contribution in [-0.4, -0.2) is 6.61 Å². The standard InChI is InChI=1S/C15H11F3O/c1-10(11-5-3-2-4-6-11)12-7-8-14(13(16)9-12)19-15(17)18/h2-9,15H,1H2. The van der Waals surface area contributed by atoms with Gasteiger partial charge in [0.25, 0.3) is 0 Å². The number of rotatable bonds is 4. The van der Waals surface area contributed by atoms with E-state index >= 15 is 0 Å². The molecule has 0 aromatic heterocycles. The van der Waals surface area contributed by atoms with Gasteiger partial charge in [0.05, 0.1) is 0 Å². The molecule has 2 rings (SSSR count). The first-order valence-corrected chi connectivity index (χ1v) is 5.57. The van der Waals surface area contributed by atoms with Gasteiger partial charge >= 0.3 is 6.61 Å². The molecule has 0 aliphatic rings. The van der Waals surface area contributed by atoms with E-state index in [9.17, 15) is 13.2 Å². The maximum atomic E-state index is 13.6. The van der Waals surface area contributed by atoms with Crippen molar-refractivity contribution in [1.29, 1.82) is 0 Å². The highest BCUT2D eigenvalue weighted by Crippen LogP contribution is 2.26. The summed E-state index contributed by atoms with van der Waals surface area (Å²) in [5, 5.41) is 0. The van der Waals surface area contributed by atoms with E-state index in [1.54, 1.807) is 0 Å². The highest BCUT2D eigenvalue weighted by molar-refractivity contribution is 5.78. The van der Waals surface area contributed by atoms with Crippen molar-refractivity contribution in [3.63, 3.8) is 0 Å². The number of hydrogen-bond acceptors (Lipinski definition) is 1. The second-order valence-electron chi connectivity index (χ2n) is 3.87. The molecule has 0 saturated carbocycles. The fourth-order valence-corrected chi connectivity index (χ4v) is 1.69. The molecule has 0 aliphatic carbocycles. The van der Waals surface area contributed by atoms with Crippen LogP contribution in [0.25, 0.3) is 5.57 Å². The maximum Gasteiger partial charge on any atom is 0.387 e. The molecule has 0 spiro atoms. The summed E-state index contributed by atoms with van der Waals surface area (Å²) in [6.45, 7) is 0.827. The maximum absolute atomic E-state index is 13.6. The Morgan fingerprint density at radius 2 is 1.68 bits per heavy atom. The molecule has 0 aliphatic heterocycles. The van der Waals surface area contributed by atoms with Crippen LogP contribution in [0.15, 0.2) is 55.1 Å². The summed E-state index contributed by atoms with van der Waals surface area (Å²) in [6.07, 6.45) is 0. The SMILES string of the molecule is C=C(c1ccccc1)c1ccc(OC(F)F)c(F)c1. The lowest BCUT2D eigenvalue weighted by atomic mass is 9.99. The van der Waals surface area contributed by atoms with E-state index < -0.39 is 18.2 Å². The van der Waals surface area contributed by atoms with Crippen LogP contribution in [0.4, 0.5) is 13.2 Å². The largest absolute Gasteiger partial charge is 0.432 e. The van der Waals surface area contributed by atoms with Crippen LogP contribution in [0.2, 0.25) is 0 Å². The first kappa shape index (κ1) is 13.2. The van der Waals surface area contributed by atoms with Gasteiger partial charge in [-0.3, -0.25) is 0 Å². The average molecular weight is 264 g/mol. The number of halogens is 3. The van der Waals surface area contributed by atoms with Gasteiger partial charge in [-0.15, -0.1) is 0 Å². The third-order valence-electron chi connectivity index (χ3n) is 2.62. The monoisotopic (exact) mass is 264 g/mol. The van der Waals surface area contributed by atoms with Gasteiger partial charge in [0, 0.05) is 0 Å². The Morgan fingerprint density at radius 3 is 2.26 bits per heavy atom. The Kier molecular flexibility index (Phi) is 3.90. The number of ether oxygens (including phenoxy) is 1. The summed E-state index contributed by atoms with van der Waals surface area (Å²) < 4.78 is 41.7. The molecule has 0 fully saturated rings. The number of benzene rings is 2. The first-order chi connectivity index (χ1) is 9.08. The third-order valence-corrected chi connectivity index (χ3v) is 2.62. The Morgan fingerprint density at radius 1 is 1.00 bits per heavy atom. The van der Waals surface area contributed by atoms with E-state index in [0.29, 0.717) is 11.1 Å². The molecular formula is C15H11F3O. The van der Waals surface area contributed by atoms with Gasteiger partial charge in [-0.1, -0.05) is 43.0 Å². The highest BCUT2D eigenvalue weighted by Gasteiger charge is 2.11. The van der Waals surface area contributed by atoms with Crippen molar-refractivity contribution in [2.24, 2.45) is 0 Å². The van der Waals surface area contributed by atoms with Crippen molar-refractivity contribution in [3.05, 3.63) is 72.1 Å². The van der Waals surface area contributed by atoms with Gasteiger partial charge in [-0.05, 0) is 28.8 Å². The van der Waals surface area contributed by atoms with Crippen molar-refractivity contribution < 1.29 is 17.9 Å². The van der Waals surface area contributed by atoms with E-state index in [2.05, 4.69) is 11.3 Å². The Bertz CT molecular complexity index is 579. The van der Waals surface area contributed by atoms with Crippen LogP contribution in [0.1, 0.15) is 11.1 Å². The lowest BCUT2D eigenvalue weighted by Crippen LogP contribution is -2.03. The summed E-state index contributed by atoms with van der Waals surface area (Å²) >= 11 is 0. The van der Waals surface area contributed by atoms with Gasteiger partial charge in [-0.25, -0.2) is 4.39 Å². The number of hydrogen-bond donors (Lipinski definition) is 0. The van der Waals surface area contributed by atoms with Gasteiger partial charge in [0.1, 0.15) is 0 Å². The fourth-order valence-electron chi connectivity index (χ4n) is 1.69. The summed E-state index contributed by atoms with van der Waals surface area (Å²) in [4.78, 5) is 0. The summed E-state index contributed by atoms with van der Waals surface area (Å²) in [5.41, 5.74) is 1.97. The molecule has 0 N–H and O–H groups in total. The van der Waals surface area contributed by atoms with Crippen LogP contribution in [0.5, 0.6) is 5.75 Å². The Balaban J connectivity index is 2.27. The molecule has 2 aromatic rings. The van der Waals surface area contributed by atoms with Crippen molar-refractivity contribution >= 4 is 5.57 Å². The second kappa shape index (κ2) is 5.61. The molecule has 0 amide bonds. The molecule has 19 heavy (non-hydrogen) atoms. The first-order valence-electron chi connectivity index (χ1n) is 5.57. The molecule has 0 unspecified atom stereocenters. The normalized spacial score (nSPS) is 10.5. The summed E-state index contributed by atoms with van der Waals surface area (Å²) in [7, 11) is 0. The highest BCUT2D eigenvalue weighted by atomic mass is 19.3. The average Bonchev–Trinajstić information content (AvgIpc) is 2.41. The number of alkyl halides is 2. The molecule has 0 radical (unpaired) electrons. The van der Waals surface area contributed by atoms with E-state index in [0.717, 1.165) is 11.6 Å². The minimum Gasteiger partial charge on any atom is -0.432 e. The molecule has 1 nitrogen and oxygen atoms in total. The van der Waals surface area contributed by atoms with Crippen LogP contribution in [0.3, 0.4) is 0 Å². The minimum absolute atomic E-state index is 0.473. The Hall–Kier alpha value is -2.23. The predicted molar refractivity (Wildman–Crippen MR) is 67.6 cm³/mol. The van der Waals surface area contributed by atoms with Gasteiger partial charge < -0.3 is 4.74 Å². The summed E-state index contributed by atoms with van der Waals surface area (Å²) in [6, 6.07) is 13.0. The second-order valence-corrected chi connectivity index (χ2v) is 3.87. The van der Waals surface area contributed by atoms with E-state index in [4.69, 9.17) is 0 Å². The zero-order chi connectivity index (χ0) is 13.8. The zero-order valence-electron chi connectivity index (χ0n) is 9.95. The lowest BCUT2D eigenvalue weighted by Gasteiger charge is -2.09. The van der Waals surface area contributed by atoms with Gasteiger partial charge in [0.2, 0.25) is 0 Å². The van der Waals surface area contributed by atoms with Crippen LogP contribution in [-0.2, 0) is 0 Å². The lowest BCUT2D eigenvalue weighted by molar-refractivity contribution is -0.0521. The van der Waals surface area contributed by atoms with Crippen molar-refractivity contribution in [3.8, 4) is 5.75 Å². The minimum atomic E-state index is -3.04. The predicted octanol–water partition coefficient (Wildman–Crippen LogP) is 4.49. The van der Waals surface area contributed by atoms with Crippen molar-refractivity contribution in [2.45, 2.75) is 6.61 Å². The van der Waals surface area contributed by atoms with Crippen LogP contribution in [0, 0.1) is 5.82 Å². The third kappa shape index (κ3) is 3.16. The molecule has 4 heteroatoms. The van der Waals surface area contributed by atoms with Crippen LogP contribution >= 0.6 is 0 Å². The molecule has 0 saturated heterocycles. The van der Waals surface area contributed by atoms with E-state index in [1.807, 2.05) is 30.3 Å². The van der Waals surface area contributed by atoms with Crippen molar-refractivity contribution in [1.82, 2.24) is 0 Å².